The summed E-state index contributed by atoms with van der Waals surface area (Å²) in [5.74, 6) is 0.760. The Kier molecular flexibility index (Phi) is 7.16. The first-order chi connectivity index (χ1) is 17.4. The van der Waals surface area contributed by atoms with Gasteiger partial charge in [-0.25, -0.2) is 4.98 Å². The molecule has 2 aromatic carbocycles. The van der Waals surface area contributed by atoms with Crippen LogP contribution in [0.1, 0.15) is 41.3 Å². The van der Waals surface area contributed by atoms with Crippen molar-refractivity contribution in [1.82, 2.24) is 9.55 Å². The topological polar surface area (TPSA) is 73.2 Å². The molecule has 1 aliphatic rings. The molecule has 0 saturated heterocycles. The Morgan fingerprint density at radius 2 is 1.92 bits per heavy atom. The molecule has 0 bridgehead atoms. The third-order valence-corrected chi connectivity index (χ3v) is 8.48. The van der Waals surface area contributed by atoms with Gasteiger partial charge in [0.05, 0.1) is 23.4 Å². The first-order valence-corrected chi connectivity index (χ1v) is 14.0. The monoisotopic (exact) mass is 519 g/mol. The highest BCUT2D eigenvalue weighted by atomic mass is 32.2. The van der Waals surface area contributed by atoms with Gasteiger partial charge in [-0.05, 0) is 87.9 Å². The molecule has 0 atom stereocenters. The van der Waals surface area contributed by atoms with Crippen LogP contribution in [0.2, 0.25) is 0 Å². The number of rotatable bonds is 7. The van der Waals surface area contributed by atoms with Gasteiger partial charge in [-0.1, -0.05) is 29.5 Å². The molecular weight excluding hydrogens is 490 g/mol. The Hall–Kier alpha value is -3.10. The molecule has 2 heterocycles. The lowest BCUT2D eigenvalue weighted by molar-refractivity contribution is -0.113. The Balaban J connectivity index is 1.50. The number of thioether (sulfide) groups is 1. The second kappa shape index (κ2) is 10.5. The zero-order chi connectivity index (χ0) is 25.2. The molecule has 1 N–H and O–H groups in total. The number of nitrogens with zero attached hydrogens (tertiary/aromatic N) is 2. The summed E-state index contributed by atoms with van der Waals surface area (Å²) in [5.41, 5.74) is 4.76. The van der Waals surface area contributed by atoms with E-state index in [2.05, 4.69) is 5.32 Å². The quantitative estimate of drug-likeness (QED) is 0.237. The molecule has 4 aromatic rings. The van der Waals surface area contributed by atoms with E-state index < -0.39 is 0 Å². The Morgan fingerprint density at radius 3 is 2.67 bits per heavy atom. The predicted octanol–water partition coefficient (Wildman–Crippen LogP) is 6.07. The van der Waals surface area contributed by atoms with Crippen LogP contribution in [0.5, 0.6) is 5.75 Å². The molecule has 36 heavy (non-hydrogen) atoms. The van der Waals surface area contributed by atoms with E-state index >= 15 is 0 Å². The molecule has 186 valence electrons. The van der Waals surface area contributed by atoms with Crippen LogP contribution in [0.15, 0.2) is 52.4 Å². The summed E-state index contributed by atoms with van der Waals surface area (Å²) in [4.78, 5) is 33.7. The largest absolute Gasteiger partial charge is 0.494 e. The summed E-state index contributed by atoms with van der Waals surface area (Å²) in [7, 11) is 0. The number of nitrogens with one attached hydrogen (secondary N) is 1. The summed E-state index contributed by atoms with van der Waals surface area (Å²) < 4.78 is 7.23. The van der Waals surface area contributed by atoms with Gasteiger partial charge in [-0.3, -0.25) is 14.2 Å². The van der Waals surface area contributed by atoms with Gasteiger partial charge in [0, 0.05) is 10.6 Å². The molecule has 0 fully saturated rings. The van der Waals surface area contributed by atoms with E-state index in [0.29, 0.717) is 17.5 Å². The zero-order valence-corrected chi connectivity index (χ0v) is 22.4. The minimum atomic E-state index is -0.134. The van der Waals surface area contributed by atoms with Crippen LogP contribution in [-0.2, 0) is 17.6 Å². The second-order valence-corrected chi connectivity index (χ2v) is 11.0. The van der Waals surface area contributed by atoms with Crippen molar-refractivity contribution in [2.75, 3.05) is 17.7 Å². The molecule has 2 aromatic heterocycles. The van der Waals surface area contributed by atoms with Crippen molar-refractivity contribution in [2.24, 2.45) is 0 Å². The fraction of sp³-hybridized carbons (Fsp3) is 0.321. The van der Waals surface area contributed by atoms with Gasteiger partial charge in [-0.2, -0.15) is 0 Å². The third-order valence-electron chi connectivity index (χ3n) is 6.35. The number of carbonyl (C=O) groups excluding carboxylic acids is 1. The van der Waals surface area contributed by atoms with Crippen LogP contribution in [0, 0.1) is 13.8 Å². The van der Waals surface area contributed by atoms with E-state index in [1.54, 1.807) is 15.9 Å². The number of hydrogen-bond donors (Lipinski definition) is 1. The van der Waals surface area contributed by atoms with E-state index in [1.165, 1.54) is 16.6 Å². The average molecular weight is 520 g/mol. The van der Waals surface area contributed by atoms with Crippen molar-refractivity contribution >= 4 is 44.9 Å². The van der Waals surface area contributed by atoms with Gasteiger partial charge in [0.2, 0.25) is 5.91 Å². The van der Waals surface area contributed by atoms with Crippen LogP contribution in [0.4, 0.5) is 5.69 Å². The maximum Gasteiger partial charge on any atom is 0.267 e. The fourth-order valence-electron chi connectivity index (χ4n) is 4.64. The zero-order valence-electron chi connectivity index (χ0n) is 20.7. The molecule has 8 heteroatoms. The predicted molar refractivity (Wildman–Crippen MR) is 148 cm³/mol. The molecule has 0 aliphatic heterocycles. The Morgan fingerprint density at radius 1 is 1.14 bits per heavy atom. The molecule has 0 unspecified atom stereocenters. The van der Waals surface area contributed by atoms with Crippen LogP contribution in [0.25, 0.3) is 15.9 Å². The van der Waals surface area contributed by atoms with Gasteiger partial charge in [0.1, 0.15) is 10.6 Å². The summed E-state index contributed by atoms with van der Waals surface area (Å²) in [6, 6.07) is 13.4. The molecular formula is C28H29N3O3S2. The maximum absolute atomic E-state index is 13.9. The number of ether oxygens (including phenoxy) is 1. The summed E-state index contributed by atoms with van der Waals surface area (Å²) in [6.45, 7) is 6.52. The molecule has 1 amide bonds. The number of aromatic nitrogens is 2. The highest BCUT2D eigenvalue weighted by Gasteiger charge is 2.23. The van der Waals surface area contributed by atoms with Crippen molar-refractivity contribution in [1.29, 1.82) is 0 Å². The number of carbonyl (C=O) groups is 1. The normalized spacial score (nSPS) is 13.0. The van der Waals surface area contributed by atoms with Crippen LogP contribution in [-0.4, -0.2) is 27.8 Å². The first-order valence-electron chi connectivity index (χ1n) is 12.2. The number of anilines is 1. The number of benzene rings is 2. The number of aryl methyl sites for hydroxylation is 4. The van der Waals surface area contributed by atoms with E-state index in [-0.39, 0.29) is 17.2 Å². The highest BCUT2D eigenvalue weighted by Crippen LogP contribution is 2.35. The first kappa shape index (κ1) is 24.6. The molecule has 0 spiro atoms. The van der Waals surface area contributed by atoms with Gasteiger partial charge < -0.3 is 10.1 Å². The fourth-order valence-corrected chi connectivity index (χ4v) is 6.75. The summed E-state index contributed by atoms with van der Waals surface area (Å²) in [6.07, 6.45) is 4.16. The smallest absolute Gasteiger partial charge is 0.267 e. The van der Waals surface area contributed by atoms with E-state index in [1.807, 2.05) is 63.2 Å². The Labute approximate surface area is 218 Å². The number of thiophene rings is 1. The van der Waals surface area contributed by atoms with Gasteiger partial charge in [0.25, 0.3) is 5.56 Å². The molecule has 0 saturated carbocycles. The average Bonchev–Trinajstić information content (AvgIpc) is 3.24. The van der Waals surface area contributed by atoms with Crippen molar-refractivity contribution in [2.45, 2.75) is 51.6 Å². The lowest BCUT2D eigenvalue weighted by atomic mass is 9.97. The van der Waals surface area contributed by atoms with Crippen molar-refractivity contribution in [3.05, 3.63) is 74.4 Å². The van der Waals surface area contributed by atoms with Crippen molar-refractivity contribution < 1.29 is 9.53 Å². The number of hydrogen-bond acceptors (Lipinski definition) is 6. The standard InChI is InChI=1S/C28H29N3O3S2/c1-4-34-20-12-10-19(11-13-20)31-27(33)25-21-7-5-6-8-23(21)36-26(25)30-28(31)35-16-24(32)29-22-14-9-17(2)15-18(22)3/h9-15H,4-8,16H2,1-3H3,(H,29,32). The van der Waals surface area contributed by atoms with Gasteiger partial charge in [-0.15, -0.1) is 11.3 Å². The third kappa shape index (κ3) is 4.92. The maximum atomic E-state index is 13.9. The Bertz CT molecular complexity index is 1490. The highest BCUT2D eigenvalue weighted by molar-refractivity contribution is 7.99. The van der Waals surface area contributed by atoms with Gasteiger partial charge >= 0.3 is 0 Å². The lowest BCUT2D eigenvalue weighted by Gasteiger charge is -2.14. The number of amides is 1. The van der Waals surface area contributed by atoms with Crippen LogP contribution < -0.4 is 15.6 Å². The SMILES string of the molecule is CCOc1ccc(-n2c(SCC(=O)Nc3ccc(C)cc3C)nc3sc4c(c3c2=O)CCCC4)cc1. The minimum absolute atomic E-state index is 0.0687. The molecule has 1 aliphatic carbocycles. The summed E-state index contributed by atoms with van der Waals surface area (Å²) >= 11 is 2.91. The molecule has 6 nitrogen and oxygen atoms in total. The molecule has 5 rings (SSSR count). The minimum Gasteiger partial charge on any atom is -0.494 e. The molecule has 0 radical (unpaired) electrons. The van der Waals surface area contributed by atoms with Crippen molar-refractivity contribution in [3.63, 3.8) is 0 Å². The number of fused-ring (bicyclic) bond motifs is 3. The van der Waals surface area contributed by atoms with Crippen LogP contribution in [0.3, 0.4) is 0 Å². The second-order valence-electron chi connectivity index (χ2n) is 9.01. The van der Waals surface area contributed by atoms with E-state index in [9.17, 15) is 9.59 Å². The lowest BCUT2D eigenvalue weighted by Crippen LogP contribution is -2.23. The van der Waals surface area contributed by atoms with Crippen molar-refractivity contribution in [3.8, 4) is 11.4 Å². The van der Waals surface area contributed by atoms with E-state index in [0.717, 1.165) is 64.0 Å². The van der Waals surface area contributed by atoms with Crippen LogP contribution >= 0.6 is 23.1 Å². The van der Waals surface area contributed by atoms with E-state index in [4.69, 9.17) is 9.72 Å². The van der Waals surface area contributed by atoms with Gasteiger partial charge in [0.15, 0.2) is 5.16 Å². The summed E-state index contributed by atoms with van der Waals surface area (Å²) in [5, 5.41) is 4.24.